The molecule has 0 spiro atoms. The van der Waals surface area contributed by atoms with E-state index in [1.54, 1.807) is 32.4 Å². The van der Waals surface area contributed by atoms with Crippen LogP contribution in [0.1, 0.15) is 17.0 Å². The average Bonchev–Trinajstić information content (AvgIpc) is 3.25. The summed E-state index contributed by atoms with van der Waals surface area (Å²) in [7, 11) is 3.17. The average molecular weight is 525 g/mol. The van der Waals surface area contributed by atoms with Gasteiger partial charge in [0, 0.05) is 21.1 Å². The number of nitriles is 1. The summed E-state index contributed by atoms with van der Waals surface area (Å²) in [4.78, 5) is 7.71. The van der Waals surface area contributed by atoms with Crippen molar-refractivity contribution in [2.45, 2.75) is 6.61 Å². The lowest BCUT2D eigenvalue weighted by atomic mass is 10.1. The second-order valence-corrected chi connectivity index (χ2v) is 8.30. The number of nitrogens with zero attached hydrogens (tertiary/aromatic N) is 2. The molecule has 0 atom stereocenters. The van der Waals surface area contributed by atoms with Gasteiger partial charge in [0.05, 0.1) is 30.8 Å². The van der Waals surface area contributed by atoms with Crippen molar-refractivity contribution < 1.29 is 14.2 Å². The number of aromatic amines is 1. The third-order valence-electron chi connectivity index (χ3n) is 4.99. The Labute approximate surface area is 204 Å². The molecule has 0 fully saturated rings. The first-order valence-electron chi connectivity index (χ1n) is 9.92. The lowest BCUT2D eigenvalue weighted by Gasteiger charge is -2.13. The van der Waals surface area contributed by atoms with Crippen molar-refractivity contribution in [2.24, 2.45) is 0 Å². The van der Waals surface area contributed by atoms with E-state index in [9.17, 15) is 5.26 Å². The SMILES string of the molecule is COc1ccc2nc(/C(C#N)=C\c3cc(OC)c(OCc4ccccc4Cl)cc3Br)[nH]c2c1. The molecule has 1 N–H and O–H groups in total. The topological polar surface area (TPSA) is 80.2 Å². The van der Waals surface area contributed by atoms with E-state index in [-0.39, 0.29) is 0 Å². The van der Waals surface area contributed by atoms with E-state index in [0.29, 0.717) is 40.3 Å². The zero-order valence-electron chi connectivity index (χ0n) is 17.9. The number of ether oxygens (including phenoxy) is 3. The maximum Gasteiger partial charge on any atom is 0.162 e. The van der Waals surface area contributed by atoms with Gasteiger partial charge in [0.1, 0.15) is 24.3 Å². The minimum Gasteiger partial charge on any atom is -0.497 e. The molecule has 0 saturated carbocycles. The van der Waals surface area contributed by atoms with Crippen LogP contribution in [-0.2, 0) is 6.61 Å². The fraction of sp³-hybridized carbons (Fsp3) is 0.120. The number of H-pyrrole nitrogens is 1. The van der Waals surface area contributed by atoms with E-state index in [0.717, 1.165) is 26.6 Å². The van der Waals surface area contributed by atoms with E-state index in [1.807, 2.05) is 42.5 Å². The molecule has 0 radical (unpaired) electrons. The summed E-state index contributed by atoms with van der Waals surface area (Å²) in [5, 5.41) is 10.4. The van der Waals surface area contributed by atoms with E-state index in [2.05, 4.69) is 32.0 Å². The van der Waals surface area contributed by atoms with E-state index >= 15 is 0 Å². The molecule has 4 aromatic rings. The largest absolute Gasteiger partial charge is 0.497 e. The van der Waals surface area contributed by atoms with Gasteiger partial charge in [0.25, 0.3) is 0 Å². The summed E-state index contributed by atoms with van der Waals surface area (Å²) in [6, 6.07) is 18.8. The number of hydrogen-bond donors (Lipinski definition) is 1. The van der Waals surface area contributed by atoms with Crippen molar-refractivity contribution in [3.63, 3.8) is 0 Å². The van der Waals surface area contributed by atoms with Crippen LogP contribution < -0.4 is 14.2 Å². The highest BCUT2D eigenvalue weighted by atomic mass is 79.9. The van der Waals surface area contributed by atoms with E-state index in [1.165, 1.54) is 0 Å². The lowest BCUT2D eigenvalue weighted by Crippen LogP contribution is -1.99. The van der Waals surface area contributed by atoms with Crippen LogP contribution in [0.15, 0.2) is 59.1 Å². The number of methoxy groups -OCH3 is 2. The maximum absolute atomic E-state index is 9.79. The molecule has 4 rings (SSSR count). The molecular weight excluding hydrogens is 506 g/mol. The molecular formula is C25H19BrClN3O3. The predicted octanol–water partition coefficient (Wildman–Crippen LogP) is 6.64. The Kier molecular flexibility index (Phi) is 6.87. The van der Waals surface area contributed by atoms with Gasteiger partial charge in [-0.1, -0.05) is 45.7 Å². The molecule has 0 aliphatic heterocycles. The third kappa shape index (κ3) is 4.98. The first kappa shape index (κ1) is 22.7. The highest BCUT2D eigenvalue weighted by molar-refractivity contribution is 9.10. The minimum atomic E-state index is 0.295. The van der Waals surface area contributed by atoms with Gasteiger partial charge in [0.15, 0.2) is 11.5 Å². The maximum atomic E-state index is 9.79. The number of halogens is 2. The fourth-order valence-corrected chi connectivity index (χ4v) is 3.88. The van der Waals surface area contributed by atoms with Gasteiger partial charge in [-0.15, -0.1) is 0 Å². The zero-order chi connectivity index (χ0) is 23.4. The molecule has 6 nitrogen and oxygen atoms in total. The summed E-state index contributed by atoms with van der Waals surface area (Å²) < 4.78 is 17.5. The van der Waals surface area contributed by atoms with Gasteiger partial charge in [-0.2, -0.15) is 5.26 Å². The fourth-order valence-electron chi connectivity index (χ4n) is 3.26. The van der Waals surface area contributed by atoms with Gasteiger partial charge < -0.3 is 19.2 Å². The van der Waals surface area contributed by atoms with Crippen LogP contribution in [0.3, 0.4) is 0 Å². The Morgan fingerprint density at radius 2 is 1.94 bits per heavy atom. The van der Waals surface area contributed by atoms with Gasteiger partial charge in [-0.3, -0.25) is 0 Å². The number of hydrogen-bond acceptors (Lipinski definition) is 5. The number of aromatic nitrogens is 2. The molecule has 0 unspecified atom stereocenters. The van der Waals surface area contributed by atoms with Crippen molar-refractivity contribution in [3.8, 4) is 23.3 Å². The number of imidazole rings is 1. The molecule has 166 valence electrons. The molecule has 0 saturated heterocycles. The Morgan fingerprint density at radius 1 is 1.12 bits per heavy atom. The Balaban J connectivity index is 1.65. The molecule has 0 bridgehead atoms. The first-order valence-corrected chi connectivity index (χ1v) is 11.1. The molecule has 1 heterocycles. The molecule has 8 heteroatoms. The Morgan fingerprint density at radius 3 is 2.67 bits per heavy atom. The predicted molar refractivity (Wildman–Crippen MR) is 133 cm³/mol. The van der Waals surface area contributed by atoms with Crippen LogP contribution in [0.2, 0.25) is 5.02 Å². The van der Waals surface area contributed by atoms with E-state index in [4.69, 9.17) is 25.8 Å². The van der Waals surface area contributed by atoms with Gasteiger partial charge >= 0.3 is 0 Å². The van der Waals surface area contributed by atoms with Crippen molar-refractivity contribution in [3.05, 3.63) is 81.0 Å². The standard InChI is InChI=1S/C25H19BrClN3O3/c1-31-18-7-8-21-22(11-18)30-25(29-21)17(13-28)9-16-10-23(32-2)24(12-19(16)26)33-14-15-5-3-4-6-20(15)27/h3-12H,14H2,1-2H3,(H,29,30)/b17-9-. The summed E-state index contributed by atoms with van der Waals surface area (Å²) in [5.74, 6) is 2.25. The van der Waals surface area contributed by atoms with Crippen LogP contribution in [0.5, 0.6) is 17.2 Å². The zero-order valence-corrected chi connectivity index (χ0v) is 20.2. The number of fused-ring (bicyclic) bond motifs is 1. The molecule has 3 aromatic carbocycles. The summed E-state index contributed by atoms with van der Waals surface area (Å²) >= 11 is 9.80. The quantitative estimate of drug-likeness (QED) is 0.274. The molecule has 1 aromatic heterocycles. The number of benzene rings is 3. The summed E-state index contributed by atoms with van der Waals surface area (Å²) in [6.45, 7) is 0.295. The second-order valence-electron chi connectivity index (χ2n) is 7.04. The van der Waals surface area contributed by atoms with Crippen molar-refractivity contribution >= 4 is 50.2 Å². The van der Waals surface area contributed by atoms with Crippen molar-refractivity contribution in [1.82, 2.24) is 9.97 Å². The molecule has 33 heavy (non-hydrogen) atoms. The summed E-state index contributed by atoms with van der Waals surface area (Å²) in [5.41, 5.74) is 3.51. The normalized spacial score (nSPS) is 11.3. The monoisotopic (exact) mass is 523 g/mol. The lowest BCUT2D eigenvalue weighted by molar-refractivity contribution is 0.284. The minimum absolute atomic E-state index is 0.295. The van der Waals surface area contributed by atoms with Crippen LogP contribution in [0.4, 0.5) is 0 Å². The van der Waals surface area contributed by atoms with Gasteiger partial charge in [-0.05, 0) is 42.0 Å². The highest BCUT2D eigenvalue weighted by Crippen LogP contribution is 2.36. The van der Waals surface area contributed by atoms with Crippen LogP contribution in [-0.4, -0.2) is 24.2 Å². The molecule has 0 aliphatic carbocycles. The van der Waals surface area contributed by atoms with Crippen molar-refractivity contribution in [1.29, 1.82) is 5.26 Å². The first-order chi connectivity index (χ1) is 16.0. The van der Waals surface area contributed by atoms with Crippen LogP contribution in [0.25, 0.3) is 22.7 Å². The summed E-state index contributed by atoms with van der Waals surface area (Å²) in [6.07, 6.45) is 1.74. The van der Waals surface area contributed by atoms with Crippen LogP contribution in [0, 0.1) is 11.3 Å². The number of nitrogens with one attached hydrogen (secondary N) is 1. The highest BCUT2D eigenvalue weighted by Gasteiger charge is 2.14. The van der Waals surface area contributed by atoms with Crippen molar-refractivity contribution in [2.75, 3.05) is 14.2 Å². The number of rotatable bonds is 7. The number of allylic oxidation sites excluding steroid dienone is 1. The molecule has 0 aliphatic rings. The van der Waals surface area contributed by atoms with Crippen LogP contribution >= 0.6 is 27.5 Å². The third-order valence-corrected chi connectivity index (χ3v) is 6.04. The van der Waals surface area contributed by atoms with E-state index < -0.39 is 0 Å². The van der Waals surface area contributed by atoms with Gasteiger partial charge in [0.2, 0.25) is 0 Å². The Hall–Kier alpha value is -3.47. The van der Waals surface area contributed by atoms with Gasteiger partial charge in [-0.25, -0.2) is 4.98 Å². The smallest absolute Gasteiger partial charge is 0.162 e. The molecule has 0 amide bonds. The Bertz CT molecular complexity index is 1390. The second kappa shape index (κ2) is 9.99.